The first kappa shape index (κ1) is 13.9. The third-order valence-electron chi connectivity index (χ3n) is 2.78. The molecule has 4 heteroatoms. The Hall–Kier alpha value is -2.49. The smallest absolute Gasteiger partial charge is 0.255 e. The summed E-state index contributed by atoms with van der Waals surface area (Å²) >= 11 is 0. The second-order valence-corrected chi connectivity index (χ2v) is 4.11. The molecule has 0 atom stereocenters. The minimum absolute atomic E-state index is 0.183. The van der Waals surface area contributed by atoms with E-state index < -0.39 is 0 Å². The lowest BCUT2D eigenvalue weighted by molar-refractivity contribution is 0.102. The number of methoxy groups -OCH3 is 1. The zero-order chi connectivity index (χ0) is 14.4. The van der Waals surface area contributed by atoms with E-state index in [1.807, 2.05) is 19.1 Å². The largest absolute Gasteiger partial charge is 0.495 e. The van der Waals surface area contributed by atoms with Crippen LogP contribution >= 0.6 is 0 Å². The molecule has 0 aliphatic heterocycles. The standard InChI is InChI=1S/C16H17NO3/c1-3-20-13-10-8-12(9-11-13)16(18)17-14-6-4-5-7-15(14)19-2/h4-11H,3H2,1-2H3,(H,17,18). The van der Waals surface area contributed by atoms with Gasteiger partial charge in [-0.3, -0.25) is 4.79 Å². The van der Waals surface area contributed by atoms with Gasteiger partial charge < -0.3 is 14.8 Å². The minimum atomic E-state index is -0.183. The van der Waals surface area contributed by atoms with Crippen LogP contribution in [-0.2, 0) is 0 Å². The van der Waals surface area contributed by atoms with Crippen LogP contribution in [0.5, 0.6) is 11.5 Å². The van der Waals surface area contributed by atoms with Gasteiger partial charge in [0.25, 0.3) is 5.91 Å². The zero-order valence-corrected chi connectivity index (χ0v) is 11.6. The van der Waals surface area contributed by atoms with E-state index in [-0.39, 0.29) is 5.91 Å². The molecule has 2 rings (SSSR count). The number of hydrogen-bond acceptors (Lipinski definition) is 3. The Bertz CT molecular complexity index is 579. The zero-order valence-electron chi connectivity index (χ0n) is 11.6. The highest BCUT2D eigenvalue weighted by atomic mass is 16.5. The summed E-state index contributed by atoms with van der Waals surface area (Å²) in [6.07, 6.45) is 0. The molecule has 20 heavy (non-hydrogen) atoms. The van der Waals surface area contributed by atoms with Gasteiger partial charge in [-0.25, -0.2) is 0 Å². The quantitative estimate of drug-likeness (QED) is 0.907. The van der Waals surface area contributed by atoms with Gasteiger partial charge in [-0.15, -0.1) is 0 Å². The van der Waals surface area contributed by atoms with Crippen molar-refractivity contribution in [3.63, 3.8) is 0 Å². The molecule has 0 fully saturated rings. The first-order valence-electron chi connectivity index (χ1n) is 6.42. The monoisotopic (exact) mass is 271 g/mol. The SMILES string of the molecule is CCOc1ccc(C(=O)Nc2ccccc2OC)cc1. The number of benzene rings is 2. The number of carbonyl (C=O) groups excluding carboxylic acids is 1. The Morgan fingerprint density at radius 1 is 1.10 bits per heavy atom. The molecule has 0 aliphatic rings. The molecule has 0 saturated carbocycles. The van der Waals surface area contributed by atoms with Crippen LogP contribution in [-0.4, -0.2) is 19.6 Å². The Balaban J connectivity index is 2.11. The number of para-hydroxylation sites is 2. The number of nitrogens with one attached hydrogen (secondary N) is 1. The molecule has 0 heterocycles. The Labute approximate surface area is 118 Å². The predicted molar refractivity (Wildman–Crippen MR) is 78.6 cm³/mol. The van der Waals surface area contributed by atoms with Crippen molar-refractivity contribution in [2.75, 3.05) is 19.0 Å². The minimum Gasteiger partial charge on any atom is -0.495 e. The van der Waals surface area contributed by atoms with Gasteiger partial charge in [0.1, 0.15) is 11.5 Å². The number of ether oxygens (including phenoxy) is 2. The van der Waals surface area contributed by atoms with Gasteiger partial charge in [-0.1, -0.05) is 12.1 Å². The van der Waals surface area contributed by atoms with Crippen molar-refractivity contribution in [2.45, 2.75) is 6.92 Å². The lowest BCUT2D eigenvalue weighted by atomic mass is 10.2. The summed E-state index contributed by atoms with van der Waals surface area (Å²) in [6, 6.07) is 14.3. The van der Waals surface area contributed by atoms with Crippen molar-refractivity contribution >= 4 is 11.6 Å². The summed E-state index contributed by atoms with van der Waals surface area (Å²) in [7, 11) is 1.57. The molecule has 0 radical (unpaired) electrons. The topological polar surface area (TPSA) is 47.6 Å². The third kappa shape index (κ3) is 3.29. The first-order valence-corrected chi connectivity index (χ1v) is 6.42. The lowest BCUT2D eigenvalue weighted by Gasteiger charge is -2.10. The highest BCUT2D eigenvalue weighted by Crippen LogP contribution is 2.24. The van der Waals surface area contributed by atoms with Gasteiger partial charge >= 0.3 is 0 Å². The van der Waals surface area contributed by atoms with Gasteiger partial charge in [0.15, 0.2) is 0 Å². The summed E-state index contributed by atoms with van der Waals surface area (Å²) in [6.45, 7) is 2.52. The third-order valence-corrected chi connectivity index (χ3v) is 2.78. The summed E-state index contributed by atoms with van der Waals surface area (Å²) < 4.78 is 10.5. The van der Waals surface area contributed by atoms with Gasteiger partial charge in [0, 0.05) is 5.56 Å². The van der Waals surface area contributed by atoms with E-state index in [0.717, 1.165) is 5.75 Å². The molecule has 104 valence electrons. The maximum atomic E-state index is 12.1. The molecule has 0 saturated heterocycles. The van der Waals surface area contributed by atoms with Gasteiger partial charge in [-0.2, -0.15) is 0 Å². The average molecular weight is 271 g/mol. The van der Waals surface area contributed by atoms with Gasteiger partial charge in [0.2, 0.25) is 0 Å². The summed E-state index contributed by atoms with van der Waals surface area (Å²) in [4.78, 5) is 12.1. The van der Waals surface area contributed by atoms with Crippen LogP contribution in [0.3, 0.4) is 0 Å². The van der Waals surface area contributed by atoms with Crippen LogP contribution in [0.1, 0.15) is 17.3 Å². The Morgan fingerprint density at radius 2 is 1.80 bits per heavy atom. The predicted octanol–water partition coefficient (Wildman–Crippen LogP) is 3.35. The van der Waals surface area contributed by atoms with E-state index in [9.17, 15) is 4.79 Å². The molecule has 2 aromatic rings. The molecular weight excluding hydrogens is 254 g/mol. The summed E-state index contributed by atoms with van der Waals surface area (Å²) in [5.74, 6) is 1.20. The van der Waals surface area contributed by atoms with Crippen molar-refractivity contribution in [2.24, 2.45) is 0 Å². The summed E-state index contributed by atoms with van der Waals surface area (Å²) in [5.41, 5.74) is 1.22. The number of hydrogen-bond donors (Lipinski definition) is 1. The fourth-order valence-electron chi connectivity index (χ4n) is 1.81. The molecule has 0 aliphatic carbocycles. The van der Waals surface area contributed by atoms with Crippen LogP contribution < -0.4 is 14.8 Å². The van der Waals surface area contributed by atoms with Crippen molar-refractivity contribution in [1.82, 2.24) is 0 Å². The molecule has 2 aromatic carbocycles. The average Bonchev–Trinajstić information content (AvgIpc) is 2.49. The van der Waals surface area contributed by atoms with Crippen molar-refractivity contribution in [1.29, 1.82) is 0 Å². The maximum absolute atomic E-state index is 12.1. The second kappa shape index (κ2) is 6.61. The molecular formula is C16H17NO3. The van der Waals surface area contributed by atoms with Crippen LogP contribution in [0.2, 0.25) is 0 Å². The van der Waals surface area contributed by atoms with E-state index >= 15 is 0 Å². The molecule has 4 nitrogen and oxygen atoms in total. The molecule has 0 unspecified atom stereocenters. The molecule has 0 aromatic heterocycles. The number of carbonyl (C=O) groups is 1. The lowest BCUT2D eigenvalue weighted by Crippen LogP contribution is -2.12. The fraction of sp³-hybridized carbons (Fsp3) is 0.188. The van der Waals surface area contributed by atoms with Crippen molar-refractivity contribution in [3.05, 3.63) is 54.1 Å². The van der Waals surface area contributed by atoms with E-state index in [0.29, 0.717) is 23.6 Å². The summed E-state index contributed by atoms with van der Waals surface area (Å²) in [5, 5.41) is 2.82. The van der Waals surface area contributed by atoms with Gasteiger partial charge in [0.05, 0.1) is 19.4 Å². The Kier molecular flexibility index (Phi) is 4.60. The molecule has 0 bridgehead atoms. The highest BCUT2D eigenvalue weighted by Gasteiger charge is 2.09. The van der Waals surface area contributed by atoms with Crippen LogP contribution in [0.4, 0.5) is 5.69 Å². The first-order chi connectivity index (χ1) is 9.74. The molecule has 1 N–H and O–H groups in total. The molecule has 0 spiro atoms. The van der Waals surface area contributed by atoms with E-state index in [1.54, 1.807) is 43.5 Å². The van der Waals surface area contributed by atoms with E-state index in [2.05, 4.69) is 5.32 Å². The second-order valence-electron chi connectivity index (χ2n) is 4.11. The highest BCUT2D eigenvalue weighted by molar-refractivity contribution is 6.05. The number of rotatable bonds is 5. The number of anilines is 1. The molecule has 1 amide bonds. The fourth-order valence-corrected chi connectivity index (χ4v) is 1.81. The van der Waals surface area contributed by atoms with Crippen LogP contribution in [0, 0.1) is 0 Å². The Morgan fingerprint density at radius 3 is 2.45 bits per heavy atom. The van der Waals surface area contributed by atoms with Gasteiger partial charge in [-0.05, 0) is 43.3 Å². The van der Waals surface area contributed by atoms with E-state index in [4.69, 9.17) is 9.47 Å². The van der Waals surface area contributed by atoms with Crippen LogP contribution in [0.15, 0.2) is 48.5 Å². The van der Waals surface area contributed by atoms with Crippen molar-refractivity contribution < 1.29 is 14.3 Å². The normalized spacial score (nSPS) is 9.90. The van der Waals surface area contributed by atoms with Crippen molar-refractivity contribution in [3.8, 4) is 11.5 Å². The van der Waals surface area contributed by atoms with E-state index in [1.165, 1.54) is 0 Å². The van der Waals surface area contributed by atoms with Crippen LogP contribution in [0.25, 0.3) is 0 Å². The number of amides is 1. The maximum Gasteiger partial charge on any atom is 0.255 e.